The zero-order valence-electron chi connectivity index (χ0n) is 11.2. The summed E-state index contributed by atoms with van der Waals surface area (Å²) in [6, 6.07) is 18.5. The predicted octanol–water partition coefficient (Wildman–Crippen LogP) is 3.71. The van der Waals surface area contributed by atoms with Crippen LogP contribution in [0.15, 0.2) is 67.3 Å². The summed E-state index contributed by atoms with van der Waals surface area (Å²) in [5.74, 6) is 0.867. The van der Waals surface area contributed by atoms with Crippen molar-refractivity contribution in [1.29, 1.82) is 0 Å². The lowest BCUT2D eigenvalue weighted by Gasteiger charge is -2.16. The number of nitrogens with one attached hydrogen (secondary N) is 1. The first kappa shape index (κ1) is 13.4. The van der Waals surface area contributed by atoms with E-state index in [0.29, 0.717) is 0 Å². The molecule has 0 radical (unpaired) electrons. The molecule has 0 aliphatic rings. The van der Waals surface area contributed by atoms with Gasteiger partial charge in [0.1, 0.15) is 5.75 Å². The van der Waals surface area contributed by atoms with Gasteiger partial charge in [-0.3, -0.25) is 0 Å². The van der Waals surface area contributed by atoms with E-state index in [1.807, 2.05) is 42.5 Å². The molecule has 2 rings (SSSR count). The molecule has 0 saturated carbocycles. The monoisotopic (exact) mass is 253 g/mol. The number of methoxy groups -OCH3 is 1. The molecule has 0 fully saturated rings. The maximum absolute atomic E-state index is 5.25. The molecular formula is C17H19NO. The fraction of sp³-hybridized carbons (Fsp3) is 0.176. The molecular weight excluding hydrogens is 234 g/mol. The lowest BCUT2D eigenvalue weighted by Crippen LogP contribution is -2.18. The lowest BCUT2D eigenvalue weighted by atomic mass is 10.1. The summed E-state index contributed by atoms with van der Waals surface area (Å²) in [5, 5.41) is 3.48. The molecule has 1 N–H and O–H groups in total. The summed E-state index contributed by atoms with van der Waals surface area (Å²) in [4.78, 5) is 0. The predicted molar refractivity (Wildman–Crippen MR) is 79.2 cm³/mol. The zero-order valence-corrected chi connectivity index (χ0v) is 11.2. The third-order valence-electron chi connectivity index (χ3n) is 3.06. The summed E-state index contributed by atoms with van der Waals surface area (Å²) < 4.78 is 5.25. The van der Waals surface area contributed by atoms with E-state index < -0.39 is 0 Å². The highest BCUT2D eigenvalue weighted by molar-refractivity contribution is 5.32. The van der Waals surface area contributed by atoms with Gasteiger partial charge in [0.25, 0.3) is 0 Å². The molecule has 0 aliphatic heterocycles. The molecule has 0 aliphatic carbocycles. The van der Waals surface area contributed by atoms with Gasteiger partial charge in [-0.2, -0.15) is 0 Å². The van der Waals surface area contributed by atoms with Crippen molar-refractivity contribution in [2.75, 3.05) is 7.11 Å². The first-order valence-corrected chi connectivity index (χ1v) is 6.37. The SMILES string of the molecule is C=C[C@H](NCc1ccccc1)c1cccc(OC)c1. The molecule has 2 aromatic rings. The smallest absolute Gasteiger partial charge is 0.119 e. The highest BCUT2D eigenvalue weighted by atomic mass is 16.5. The Bertz CT molecular complexity index is 522. The molecule has 0 amide bonds. The van der Waals surface area contributed by atoms with Gasteiger partial charge in [0.15, 0.2) is 0 Å². The maximum atomic E-state index is 5.25. The number of hydrogen-bond donors (Lipinski definition) is 1. The Morgan fingerprint density at radius 1 is 1.16 bits per heavy atom. The maximum Gasteiger partial charge on any atom is 0.119 e. The van der Waals surface area contributed by atoms with Crippen molar-refractivity contribution >= 4 is 0 Å². The van der Waals surface area contributed by atoms with Crippen LogP contribution < -0.4 is 10.1 Å². The zero-order chi connectivity index (χ0) is 13.5. The highest BCUT2D eigenvalue weighted by Crippen LogP contribution is 2.20. The van der Waals surface area contributed by atoms with E-state index in [0.717, 1.165) is 17.9 Å². The molecule has 0 saturated heterocycles. The molecule has 2 heteroatoms. The molecule has 2 nitrogen and oxygen atoms in total. The highest BCUT2D eigenvalue weighted by Gasteiger charge is 2.07. The van der Waals surface area contributed by atoms with Crippen molar-refractivity contribution in [2.45, 2.75) is 12.6 Å². The van der Waals surface area contributed by atoms with Crippen LogP contribution >= 0.6 is 0 Å². The average Bonchev–Trinajstić information content (AvgIpc) is 2.49. The number of ether oxygens (including phenoxy) is 1. The summed E-state index contributed by atoms with van der Waals surface area (Å²) in [6.45, 7) is 4.72. The van der Waals surface area contributed by atoms with Crippen LogP contribution in [0.3, 0.4) is 0 Å². The number of rotatable bonds is 6. The normalized spacial score (nSPS) is 11.8. The van der Waals surface area contributed by atoms with Crippen LogP contribution in [0.25, 0.3) is 0 Å². The van der Waals surface area contributed by atoms with Gasteiger partial charge in [-0.1, -0.05) is 48.5 Å². The Kier molecular flexibility index (Phi) is 4.76. The summed E-state index contributed by atoms with van der Waals surface area (Å²) in [7, 11) is 1.68. The standard InChI is InChI=1S/C17H19NO/c1-3-17(15-10-7-11-16(12-15)19-2)18-13-14-8-5-4-6-9-14/h3-12,17-18H,1,13H2,2H3/t17-/m0/s1. The van der Waals surface area contributed by atoms with E-state index in [1.165, 1.54) is 5.56 Å². The minimum Gasteiger partial charge on any atom is -0.497 e. The summed E-state index contributed by atoms with van der Waals surface area (Å²) in [5.41, 5.74) is 2.42. The fourth-order valence-corrected chi connectivity index (χ4v) is 2.00. The minimum absolute atomic E-state index is 0.121. The first-order chi connectivity index (χ1) is 9.33. The molecule has 0 aromatic heterocycles. The van der Waals surface area contributed by atoms with Gasteiger partial charge in [-0.05, 0) is 23.3 Å². The molecule has 19 heavy (non-hydrogen) atoms. The van der Waals surface area contributed by atoms with Crippen LogP contribution in [0.2, 0.25) is 0 Å². The van der Waals surface area contributed by atoms with E-state index in [4.69, 9.17) is 4.74 Å². The van der Waals surface area contributed by atoms with Crippen LogP contribution in [0.5, 0.6) is 5.75 Å². The number of hydrogen-bond acceptors (Lipinski definition) is 2. The molecule has 0 spiro atoms. The van der Waals surface area contributed by atoms with Gasteiger partial charge >= 0.3 is 0 Å². The largest absolute Gasteiger partial charge is 0.497 e. The molecule has 98 valence electrons. The third kappa shape index (κ3) is 3.70. The van der Waals surface area contributed by atoms with Gasteiger partial charge in [-0.25, -0.2) is 0 Å². The van der Waals surface area contributed by atoms with Gasteiger partial charge in [0.2, 0.25) is 0 Å². The van der Waals surface area contributed by atoms with E-state index in [1.54, 1.807) is 7.11 Å². The Balaban J connectivity index is 2.05. The second kappa shape index (κ2) is 6.76. The van der Waals surface area contributed by atoms with Gasteiger partial charge in [0, 0.05) is 6.54 Å². The molecule has 2 aromatic carbocycles. The van der Waals surface area contributed by atoms with Crippen LogP contribution in [-0.4, -0.2) is 7.11 Å². The van der Waals surface area contributed by atoms with E-state index in [2.05, 4.69) is 30.1 Å². The van der Waals surface area contributed by atoms with Crippen molar-refractivity contribution in [3.05, 3.63) is 78.4 Å². The molecule has 1 atom stereocenters. The quantitative estimate of drug-likeness (QED) is 0.792. The van der Waals surface area contributed by atoms with Gasteiger partial charge in [0.05, 0.1) is 13.2 Å². The van der Waals surface area contributed by atoms with Gasteiger partial charge in [-0.15, -0.1) is 6.58 Å². The minimum atomic E-state index is 0.121. The fourth-order valence-electron chi connectivity index (χ4n) is 2.00. The van der Waals surface area contributed by atoms with E-state index in [-0.39, 0.29) is 6.04 Å². The van der Waals surface area contributed by atoms with Crippen molar-refractivity contribution in [3.8, 4) is 5.75 Å². The molecule has 0 unspecified atom stereocenters. The van der Waals surface area contributed by atoms with E-state index >= 15 is 0 Å². The van der Waals surface area contributed by atoms with Crippen LogP contribution in [0.4, 0.5) is 0 Å². The van der Waals surface area contributed by atoms with E-state index in [9.17, 15) is 0 Å². The Labute approximate surface area is 114 Å². The Hall–Kier alpha value is -2.06. The Morgan fingerprint density at radius 2 is 1.95 bits per heavy atom. The molecule has 0 bridgehead atoms. The van der Waals surface area contributed by atoms with Crippen molar-refractivity contribution in [1.82, 2.24) is 5.32 Å². The Morgan fingerprint density at radius 3 is 2.63 bits per heavy atom. The third-order valence-corrected chi connectivity index (χ3v) is 3.06. The van der Waals surface area contributed by atoms with Crippen LogP contribution in [-0.2, 0) is 6.54 Å². The van der Waals surface area contributed by atoms with Crippen molar-refractivity contribution in [2.24, 2.45) is 0 Å². The number of benzene rings is 2. The first-order valence-electron chi connectivity index (χ1n) is 6.37. The van der Waals surface area contributed by atoms with Crippen LogP contribution in [0.1, 0.15) is 17.2 Å². The second-order valence-corrected chi connectivity index (χ2v) is 4.36. The topological polar surface area (TPSA) is 21.3 Å². The molecule has 0 heterocycles. The van der Waals surface area contributed by atoms with Gasteiger partial charge < -0.3 is 10.1 Å². The lowest BCUT2D eigenvalue weighted by molar-refractivity contribution is 0.413. The summed E-state index contributed by atoms with van der Waals surface area (Å²) >= 11 is 0. The summed E-state index contributed by atoms with van der Waals surface area (Å²) in [6.07, 6.45) is 1.91. The average molecular weight is 253 g/mol. The van der Waals surface area contributed by atoms with Crippen molar-refractivity contribution in [3.63, 3.8) is 0 Å². The van der Waals surface area contributed by atoms with Crippen molar-refractivity contribution < 1.29 is 4.74 Å². The second-order valence-electron chi connectivity index (χ2n) is 4.36. The van der Waals surface area contributed by atoms with Crippen LogP contribution in [0, 0.1) is 0 Å².